The first-order valence-corrected chi connectivity index (χ1v) is 8.04. The van der Waals surface area contributed by atoms with Crippen molar-refractivity contribution < 1.29 is 5.11 Å². The number of benzene rings is 2. The fourth-order valence-electron chi connectivity index (χ4n) is 2.45. The van der Waals surface area contributed by atoms with Crippen molar-refractivity contribution in [3.05, 3.63) is 74.4 Å². The second-order valence-corrected chi connectivity index (χ2v) is 6.47. The van der Waals surface area contributed by atoms with E-state index >= 15 is 0 Å². The minimum atomic E-state index is -0.909. The summed E-state index contributed by atoms with van der Waals surface area (Å²) in [4.78, 5) is 0. The van der Waals surface area contributed by atoms with E-state index in [4.69, 9.17) is 34.8 Å². The van der Waals surface area contributed by atoms with E-state index in [9.17, 15) is 5.11 Å². The second kappa shape index (κ2) is 6.54. The highest BCUT2D eigenvalue weighted by Crippen LogP contribution is 2.33. The van der Waals surface area contributed by atoms with E-state index in [0.717, 1.165) is 16.8 Å². The maximum atomic E-state index is 10.6. The molecule has 1 aromatic heterocycles. The van der Waals surface area contributed by atoms with E-state index in [-0.39, 0.29) is 0 Å². The van der Waals surface area contributed by atoms with Crippen LogP contribution in [-0.2, 0) is 0 Å². The molecule has 0 saturated heterocycles. The molecule has 3 aromatic rings. The predicted molar refractivity (Wildman–Crippen MR) is 94.3 cm³/mol. The Morgan fingerprint density at radius 3 is 2.30 bits per heavy atom. The van der Waals surface area contributed by atoms with Gasteiger partial charge in [0.25, 0.3) is 0 Å². The Morgan fingerprint density at radius 2 is 1.65 bits per heavy atom. The summed E-state index contributed by atoms with van der Waals surface area (Å²) in [5.41, 5.74) is 3.71. The van der Waals surface area contributed by atoms with Gasteiger partial charge in [-0.25, -0.2) is 0 Å². The molecule has 0 radical (unpaired) electrons. The van der Waals surface area contributed by atoms with Gasteiger partial charge in [0.15, 0.2) is 0 Å². The molecule has 1 heterocycles. The quantitative estimate of drug-likeness (QED) is 0.648. The van der Waals surface area contributed by atoms with Gasteiger partial charge in [-0.2, -0.15) is 5.10 Å². The standard InChI is InChI=1S/C17H13Cl3N2O/c1-9-15(10-2-4-11(18)5-3-10)21-22-16(9)17(23)13-7-6-12(19)8-14(13)20/h2-8,17,23H,1H3,(H,21,22). The van der Waals surface area contributed by atoms with Crippen molar-refractivity contribution in [1.29, 1.82) is 0 Å². The van der Waals surface area contributed by atoms with Crippen molar-refractivity contribution in [2.45, 2.75) is 13.0 Å². The Hall–Kier alpha value is -1.52. The number of rotatable bonds is 3. The van der Waals surface area contributed by atoms with E-state index in [2.05, 4.69) is 10.2 Å². The smallest absolute Gasteiger partial charge is 0.122 e. The average Bonchev–Trinajstić information content (AvgIpc) is 2.89. The van der Waals surface area contributed by atoms with Crippen LogP contribution in [0, 0.1) is 6.92 Å². The second-order valence-electron chi connectivity index (χ2n) is 5.19. The zero-order valence-electron chi connectivity index (χ0n) is 12.1. The number of nitrogens with zero attached hydrogens (tertiary/aromatic N) is 1. The Balaban J connectivity index is 1.99. The fourth-order valence-corrected chi connectivity index (χ4v) is 3.08. The summed E-state index contributed by atoms with van der Waals surface area (Å²) in [5, 5.41) is 19.4. The van der Waals surface area contributed by atoms with Gasteiger partial charge in [0.2, 0.25) is 0 Å². The van der Waals surface area contributed by atoms with Crippen LogP contribution in [0.3, 0.4) is 0 Å². The normalized spacial score (nSPS) is 12.4. The summed E-state index contributed by atoms with van der Waals surface area (Å²) in [7, 11) is 0. The maximum absolute atomic E-state index is 10.6. The lowest BCUT2D eigenvalue weighted by atomic mass is 10.0. The lowest BCUT2D eigenvalue weighted by Crippen LogP contribution is -2.03. The van der Waals surface area contributed by atoms with Gasteiger partial charge in [0.1, 0.15) is 6.10 Å². The highest BCUT2D eigenvalue weighted by Gasteiger charge is 2.21. The van der Waals surface area contributed by atoms with Gasteiger partial charge in [-0.15, -0.1) is 0 Å². The average molecular weight is 368 g/mol. The molecule has 0 saturated carbocycles. The summed E-state index contributed by atoms with van der Waals surface area (Å²) in [6.07, 6.45) is -0.909. The molecule has 118 valence electrons. The Labute approximate surface area is 148 Å². The summed E-state index contributed by atoms with van der Waals surface area (Å²) in [6.45, 7) is 1.90. The largest absolute Gasteiger partial charge is 0.382 e. The number of aliphatic hydroxyl groups is 1. The molecule has 0 aliphatic rings. The van der Waals surface area contributed by atoms with Crippen LogP contribution in [0.15, 0.2) is 42.5 Å². The summed E-state index contributed by atoms with van der Waals surface area (Å²) in [5.74, 6) is 0. The molecule has 0 aliphatic heterocycles. The highest BCUT2D eigenvalue weighted by molar-refractivity contribution is 6.35. The Morgan fingerprint density at radius 1 is 1.00 bits per heavy atom. The molecule has 0 fully saturated rings. The maximum Gasteiger partial charge on any atom is 0.122 e. The number of nitrogens with one attached hydrogen (secondary N) is 1. The molecule has 0 aliphatic carbocycles. The number of hydrogen-bond donors (Lipinski definition) is 2. The van der Waals surface area contributed by atoms with Crippen LogP contribution in [0.2, 0.25) is 15.1 Å². The first-order valence-electron chi connectivity index (χ1n) is 6.91. The van der Waals surface area contributed by atoms with Crippen LogP contribution < -0.4 is 0 Å². The molecule has 3 nitrogen and oxygen atoms in total. The van der Waals surface area contributed by atoms with Gasteiger partial charge >= 0.3 is 0 Å². The van der Waals surface area contributed by atoms with Crippen molar-refractivity contribution in [2.24, 2.45) is 0 Å². The van der Waals surface area contributed by atoms with Crippen LogP contribution in [0.1, 0.15) is 22.9 Å². The zero-order valence-corrected chi connectivity index (χ0v) is 14.4. The highest BCUT2D eigenvalue weighted by atomic mass is 35.5. The molecule has 2 N–H and O–H groups in total. The van der Waals surface area contributed by atoms with Gasteiger partial charge in [-0.1, -0.05) is 53.0 Å². The van der Waals surface area contributed by atoms with E-state index in [1.165, 1.54) is 0 Å². The predicted octanol–water partition coefficient (Wildman–Crippen LogP) is 5.43. The van der Waals surface area contributed by atoms with Crippen LogP contribution in [0.25, 0.3) is 11.3 Å². The molecule has 3 rings (SSSR count). The van der Waals surface area contributed by atoms with Crippen molar-refractivity contribution >= 4 is 34.8 Å². The molecular formula is C17H13Cl3N2O. The van der Waals surface area contributed by atoms with E-state index < -0.39 is 6.10 Å². The first-order chi connectivity index (χ1) is 11.0. The Kier molecular flexibility index (Phi) is 4.64. The van der Waals surface area contributed by atoms with Gasteiger partial charge in [0, 0.05) is 31.8 Å². The van der Waals surface area contributed by atoms with Crippen molar-refractivity contribution in [3.63, 3.8) is 0 Å². The molecule has 0 spiro atoms. The van der Waals surface area contributed by atoms with Gasteiger partial charge in [-0.3, -0.25) is 5.10 Å². The number of aromatic nitrogens is 2. The summed E-state index contributed by atoms with van der Waals surface area (Å²) in [6, 6.07) is 12.4. The van der Waals surface area contributed by atoms with Gasteiger partial charge in [-0.05, 0) is 31.2 Å². The van der Waals surface area contributed by atoms with E-state index in [1.54, 1.807) is 30.3 Å². The molecule has 0 bridgehead atoms. The fraction of sp³-hybridized carbons (Fsp3) is 0.118. The van der Waals surface area contributed by atoms with Crippen LogP contribution in [0.4, 0.5) is 0 Å². The molecule has 1 unspecified atom stereocenters. The first kappa shape index (κ1) is 16.3. The Bertz CT molecular complexity index is 844. The number of H-pyrrole nitrogens is 1. The minimum absolute atomic E-state index is 0.409. The van der Waals surface area contributed by atoms with Crippen LogP contribution in [-0.4, -0.2) is 15.3 Å². The molecule has 2 aromatic carbocycles. The molecule has 6 heteroatoms. The number of aliphatic hydroxyl groups excluding tert-OH is 1. The summed E-state index contributed by atoms with van der Waals surface area (Å²) >= 11 is 18.0. The molecule has 0 amide bonds. The molecule has 23 heavy (non-hydrogen) atoms. The van der Waals surface area contributed by atoms with Crippen LogP contribution in [0.5, 0.6) is 0 Å². The minimum Gasteiger partial charge on any atom is -0.382 e. The third kappa shape index (κ3) is 3.24. The van der Waals surface area contributed by atoms with Crippen molar-refractivity contribution in [2.75, 3.05) is 0 Å². The van der Waals surface area contributed by atoms with Crippen LogP contribution >= 0.6 is 34.8 Å². The van der Waals surface area contributed by atoms with Crippen molar-refractivity contribution in [3.8, 4) is 11.3 Å². The number of aromatic amines is 1. The summed E-state index contributed by atoms with van der Waals surface area (Å²) < 4.78 is 0. The van der Waals surface area contributed by atoms with E-state index in [1.807, 2.05) is 19.1 Å². The topological polar surface area (TPSA) is 48.9 Å². The van der Waals surface area contributed by atoms with Crippen molar-refractivity contribution in [1.82, 2.24) is 10.2 Å². The SMILES string of the molecule is Cc1c(-c2ccc(Cl)cc2)n[nH]c1C(O)c1ccc(Cl)cc1Cl. The van der Waals surface area contributed by atoms with E-state index in [0.29, 0.717) is 26.3 Å². The third-order valence-electron chi connectivity index (χ3n) is 3.70. The van der Waals surface area contributed by atoms with Gasteiger partial charge < -0.3 is 5.11 Å². The zero-order chi connectivity index (χ0) is 16.6. The lowest BCUT2D eigenvalue weighted by Gasteiger charge is -2.12. The third-order valence-corrected chi connectivity index (χ3v) is 4.51. The molecule has 1 atom stereocenters. The molecular weight excluding hydrogens is 355 g/mol. The number of hydrogen-bond acceptors (Lipinski definition) is 2. The number of halogens is 3. The lowest BCUT2D eigenvalue weighted by molar-refractivity contribution is 0.214. The monoisotopic (exact) mass is 366 g/mol. The van der Waals surface area contributed by atoms with Gasteiger partial charge in [0.05, 0.1) is 11.4 Å².